The topological polar surface area (TPSA) is 117 Å². The fourth-order valence-electron chi connectivity index (χ4n) is 4.48. The number of carbonyl (C=O) groups is 1. The molecule has 1 aromatic carbocycles. The molecule has 0 amide bonds. The number of rotatable bonds is 5. The van der Waals surface area contributed by atoms with E-state index < -0.39 is 0 Å². The largest absolute Gasteiger partial charge is 0.473 e. The Morgan fingerprint density at radius 3 is 2.94 bits per heavy atom. The summed E-state index contributed by atoms with van der Waals surface area (Å²) in [6.45, 7) is 1.72. The standard InChI is InChI=1S/C26H20N6O2/c27-11-16-5-4-15(10-20(16)21-14-29-12-17-2-1-3-19(17)21)24(33)26-30-22-6-7-23(31-25(22)32-26)34-18-8-9-28-13-18/h1,3-7,10,12,14,18,28H,2,8-9,13H2,(H,30,31,32). The molecule has 0 spiro atoms. The van der Waals surface area contributed by atoms with E-state index in [1.807, 2.05) is 18.3 Å². The Hall–Kier alpha value is -4.35. The highest BCUT2D eigenvalue weighted by Crippen LogP contribution is 2.33. The maximum absolute atomic E-state index is 13.3. The molecule has 0 saturated carbocycles. The highest BCUT2D eigenvalue weighted by molar-refractivity contribution is 6.08. The number of pyridine rings is 2. The number of fused-ring (bicyclic) bond motifs is 2. The molecule has 0 radical (unpaired) electrons. The lowest BCUT2D eigenvalue weighted by Gasteiger charge is -2.10. The van der Waals surface area contributed by atoms with E-state index in [0.29, 0.717) is 33.7 Å². The van der Waals surface area contributed by atoms with Gasteiger partial charge in [0.25, 0.3) is 0 Å². The molecule has 6 rings (SSSR count). The zero-order valence-corrected chi connectivity index (χ0v) is 18.2. The minimum absolute atomic E-state index is 0.0887. The van der Waals surface area contributed by atoms with Gasteiger partial charge in [0.05, 0.1) is 17.1 Å². The van der Waals surface area contributed by atoms with Crippen molar-refractivity contribution in [3.8, 4) is 23.1 Å². The number of benzene rings is 1. The van der Waals surface area contributed by atoms with E-state index in [-0.39, 0.29) is 17.7 Å². The number of ether oxygens (including phenoxy) is 1. The molecule has 2 N–H and O–H groups in total. The normalized spacial score (nSPS) is 16.5. The van der Waals surface area contributed by atoms with Gasteiger partial charge in [0.2, 0.25) is 11.7 Å². The third-order valence-corrected chi connectivity index (χ3v) is 6.22. The van der Waals surface area contributed by atoms with Crippen molar-refractivity contribution in [2.24, 2.45) is 0 Å². The Kier molecular flexibility index (Phi) is 4.90. The Morgan fingerprint density at radius 2 is 2.09 bits per heavy atom. The summed E-state index contributed by atoms with van der Waals surface area (Å²) in [5.74, 6) is 0.405. The molecule has 2 aliphatic rings. The van der Waals surface area contributed by atoms with Gasteiger partial charge in [-0.25, -0.2) is 4.98 Å². The fraction of sp³-hybridized carbons (Fsp3) is 0.192. The first-order valence-electron chi connectivity index (χ1n) is 11.2. The second-order valence-corrected chi connectivity index (χ2v) is 8.41. The number of nitrogens with zero attached hydrogens (tertiary/aromatic N) is 4. The van der Waals surface area contributed by atoms with Gasteiger partial charge < -0.3 is 15.0 Å². The molecule has 1 saturated heterocycles. The van der Waals surface area contributed by atoms with Crippen LogP contribution in [-0.4, -0.2) is 44.9 Å². The summed E-state index contributed by atoms with van der Waals surface area (Å²) >= 11 is 0. The maximum atomic E-state index is 13.3. The van der Waals surface area contributed by atoms with Crippen LogP contribution in [0.25, 0.3) is 28.4 Å². The van der Waals surface area contributed by atoms with Gasteiger partial charge in [-0.15, -0.1) is 0 Å². The molecule has 4 heterocycles. The van der Waals surface area contributed by atoms with E-state index in [2.05, 4.69) is 37.4 Å². The first kappa shape index (κ1) is 20.3. The van der Waals surface area contributed by atoms with Crippen molar-refractivity contribution in [2.45, 2.75) is 18.9 Å². The first-order valence-corrected chi connectivity index (χ1v) is 11.2. The average molecular weight is 448 g/mol. The van der Waals surface area contributed by atoms with E-state index in [1.165, 1.54) is 0 Å². The number of allylic oxidation sites excluding steroid dienone is 1. The molecule has 166 valence electrons. The van der Waals surface area contributed by atoms with Gasteiger partial charge in [-0.05, 0) is 54.8 Å². The number of carbonyl (C=O) groups excluding carboxylic acids is 1. The van der Waals surface area contributed by atoms with Crippen LogP contribution in [0.1, 0.15) is 39.3 Å². The molecule has 1 fully saturated rings. The second-order valence-electron chi connectivity index (χ2n) is 8.41. The number of hydrogen-bond acceptors (Lipinski definition) is 7. The van der Waals surface area contributed by atoms with Gasteiger partial charge in [-0.3, -0.25) is 9.78 Å². The van der Waals surface area contributed by atoms with E-state index in [4.69, 9.17) is 4.74 Å². The molecular weight excluding hydrogens is 428 g/mol. The number of H-pyrrole nitrogens is 1. The number of nitrogens with one attached hydrogen (secondary N) is 2. The Morgan fingerprint density at radius 1 is 1.15 bits per heavy atom. The van der Waals surface area contributed by atoms with Crippen LogP contribution in [0.4, 0.5) is 0 Å². The Labute approximate surface area is 195 Å². The Bertz CT molecular complexity index is 1510. The van der Waals surface area contributed by atoms with Crippen molar-refractivity contribution in [3.05, 3.63) is 76.9 Å². The molecule has 1 unspecified atom stereocenters. The molecule has 4 aromatic rings. The van der Waals surface area contributed by atoms with Crippen LogP contribution in [0.15, 0.2) is 48.8 Å². The van der Waals surface area contributed by atoms with Crippen molar-refractivity contribution in [1.82, 2.24) is 25.3 Å². The molecule has 3 aromatic heterocycles. The monoisotopic (exact) mass is 448 g/mol. The van der Waals surface area contributed by atoms with Crippen LogP contribution >= 0.6 is 0 Å². The minimum atomic E-state index is -0.276. The van der Waals surface area contributed by atoms with E-state index in [0.717, 1.165) is 42.6 Å². The molecule has 1 aliphatic carbocycles. The molecule has 8 heteroatoms. The molecule has 1 aliphatic heterocycles. The summed E-state index contributed by atoms with van der Waals surface area (Å²) in [7, 11) is 0. The van der Waals surface area contributed by atoms with Crippen LogP contribution in [0.2, 0.25) is 0 Å². The van der Waals surface area contributed by atoms with Gasteiger partial charge in [0.15, 0.2) is 11.5 Å². The van der Waals surface area contributed by atoms with Crippen molar-refractivity contribution >= 4 is 23.0 Å². The van der Waals surface area contributed by atoms with Gasteiger partial charge in [-0.2, -0.15) is 10.2 Å². The molecule has 1 atom stereocenters. The number of hydrogen-bond donors (Lipinski definition) is 2. The van der Waals surface area contributed by atoms with Crippen LogP contribution in [-0.2, 0) is 6.42 Å². The average Bonchev–Trinajstić information content (AvgIpc) is 3.63. The number of aromatic amines is 1. The summed E-state index contributed by atoms with van der Waals surface area (Å²) in [6, 6.07) is 10.9. The summed E-state index contributed by atoms with van der Waals surface area (Å²) in [4.78, 5) is 29.6. The van der Waals surface area contributed by atoms with Gasteiger partial charge in [0.1, 0.15) is 6.10 Å². The van der Waals surface area contributed by atoms with Crippen LogP contribution < -0.4 is 10.1 Å². The molecular formula is C26H20N6O2. The Balaban J connectivity index is 1.35. The van der Waals surface area contributed by atoms with Crippen molar-refractivity contribution in [2.75, 3.05) is 13.1 Å². The van der Waals surface area contributed by atoms with Gasteiger partial charge in [-0.1, -0.05) is 12.2 Å². The first-order chi connectivity index (χ1) is 16.7. The van der Waals surface area contributed by atoms with E-state index >= 15 is 0 Å². The van der Waals surface area contributed by atoms with Gasteiger partial charge in [0, 0.05) is 41.7 Å². The highest BCUT2D eigenvalue weighted by Gasteiger charge is 2.21. The highest BCUT2D eigenvalue weighted by atomic mass is 16.5. The van der Waals surface area contributed by atoms with Crippen LogP contribution in [0, 0.1) is 11.3 Å². The summed E-state index contributed by atoms with van der Waals surface area (Å²) < 4.78 is 5.91. The van der Waals surface area contributed by atoms with E-state index in [9.17, 15) is 10.1 Å². The van der Waals surface area contributed by atoms with Crippen LogP contribution in [0.5, 0.6) is 5.88 Å². The zero-order valence-electron chi connectivity index (χ0n) is 18.2. The molecule has 0 bridgehead atoms. The second kappa shape index (κ2) is 8.21. The van der Waals surface area contributed by atoms with Gasteiger partial charge >= 0.3 is 0 Å². The van der Waals surface area contributed by atoms with Crippen molar-refractivity contribution in [3.63, 3.8) is 0 Å². The molecule has 8 nitrogen and oxygen atoms in total. The number of nitriles is 1. The SMILES string of the molecule is N#Cc1ccc(C(=O)c2nc3nc(OC4CCNC4)ccc3[nH]2)cc1-c1cncc2c1C=CC2. The fourth-order valence-corrected chi connectivity index (χ4v) is 4.48. The summed E-state index contributed by atoms with van der Waals surface area (Å²) in [5.41, 5.74) is 5.66. The smallest absolute Gasteiger partial charge is 0.228 e. The maximum Gasteiger partial charge on any atom is 0.228 e. The quantitative estimate of drug-likeness (QED) is 0.449. The number of aromatic nitrogens is 4. The minimum Gasteiger partial charge on any atom is -0.473 e. The third-order valence-electron chi connectivity index (χ3n) is 6.22. The lowest BCUT2D eigenvalue weighted by Crippen LogP contribution is -2.20. The lowest BCUT2D eigenvalue weighted by molar-refractivity contribution is 0.103. The number of ketones is 1. The lowest BCUT2D eigenvalue weighted by atomic mass is 9.93. The summed E-state index contributed by atoms with van der Waals surface area (Å²) in [5, 5.41) is 12.9. The van der Waals surface area contributed by atoms with Crippen molar-refractivity contribution < 1.29 is 9.53 Å². The zero-order chi connectivity index (χ0) is 23.1. The predicted octanol–water partition coefficient (Wildman–Crippen LogP) is 3.43. The predicted molar refractivity (Wildman–Crippen MR) is 126 cm³/mol. The summed E-state index contributed by atoms with van der Waals surface area (Å²) in [6.07, 6.45) is 9.51. The number of imidazole rings is 1. The van der Waals surface area contributed by atoms with Crippen molar-refractivity contribution in [1.29, 1.82) is 5.26 Å². The van der Waals surface area contributed by atoms with Crippen LogP contribution in [0.3, 0.4) is 0 Å². The van der Waals surface area contributed by atoms with E-state index in [1.54, 1.807) is 30.5 Å². The third kappa shape index (κ3) is 3.52. The molecule has 34 heavy (non-hydrogen) atoms.